The van der Waals surface area contributed by atoms with Crippen molar-refractivity contribution in [2.75, 3.05) is 0 Å². The lowest BCUT2D eigenvalue weighted by atomic mass is 9.97. The highest BCUT2D eigenvalue weighted by Gasteiger charge is 2.22. The Labute approximate surface area is 779 Å². The number of fused-ring (bicyclic) bond motifs is 18. The SMILES string of the molecule is N=C(N=C(N=Cc1ccccc1)c1ccccc1)c1ccc2c(ccc3sc(-c4cc5ccccc5c5ccccc45)nc32)c1.N=C(N=C(N=Cc1ccccc1)c1ccccc1)c1ccc2c(ccc3sc(-c4cccc5c4oc4ccccc45)nc32)c1.N=C(N=C(N=Cc1ccccc1)c1ccccc1)c1ccc2c(ccc3sc(-c4cccc5c4sc4ccccc45)nc32)c1. The van der Waals surface area contributed by atoms with E-state index in [1.165, 1.54) is 47.3 Å². The second-order valence-electron chi connectivity index (χ2n) is 31.8. The molecule has 13 nitrogen and oxygen atoms in total. The maximum Gasteiger partial charge on any atom is 0.161 e. The number of hydrogen-bond donors (Lipinski definition) is 3. The summed E-state index contributed by atoms with van der Waals surface area (Å²) in [6.07, 6.45) is 5.35. The third-order valence-corrected chi connectivity index (χ3v) is 27.7. The Kier molecular flexibility index (Phi) is 22.4. The summed E-state index contributed by atoms with van der Waals surface area (Å²) in [6.45, 7) is 0. The maximum atomic E-state index is 8.91. The second kappa shape index (κ2) is 36.4. The number of nitrogens with zero attached hydrogens (tertiary/aromatic N) is 9. The molecule has 24 aromatic rings. The molecule has 133 heavy (non-hydrogen) atoms. The van der Waals surface area contributed by atoms with Crippen LogP contribution in [0.3, 0.4) is 0 Å². The summed E-state index contributed by atoms with van der Waals surface area (Å²) in [4.78, 5) is 43.5. The van der Waals surface area contributed by atoms with Gasteiger partial charge in [-0.1, -0.05) is 352 Å². The van der Waals surface area contributed by atoms with E-state index in [0.29, 0.717) is 23.1 Å². The zero-order valence-electron chi connectivity index (χ0n) is 71.1. The number of thiophene rings is 1. The first kappa shape index (κ1) is 81.9. The fourth-order valence-corrected chi connectivity index (χ4v) is 21.1. The van der Waals surface area contributed by atoms with Gasteiger partial charge in [-0.15, -0.1) is 45.3 Å². The number of hydrogen-bond acceptors (Lipinski definition) is 11. The maximum absolute atomic E-state index is 8.91. The predicted molar refractivity (Wildman–Crippen MR) is 564 cm³/mol. The Balaban J connectivity index is 0.000000116. The van der Waals surface area contributed by atoms with Crippen LogP contribution in [0.1, 0.15) is 50.1 Å². The summed E-state index contributed by atoms with van der Waals surface area (Å²) < 4.78 is 12.2. The molecular formula is C116H74N12OS4. The molecule has 0 bridgehead atoms. The summed E-state index contributed by atoms with van der Waals surface area (Å²) >= 11 is 6.93. The normalized spacial score (nSPS) is 12.2. The molecule has 3 N–H and O–H groups in total. The topological polar surface area (TPSA) is 198 Å². The summed E-state index contributed by atoms with van der Waals surface area (Å²) in [5.41, 5.74) is 15.6. The number of thiazole rings is 3. The van der Waals surface area contributed by atoms with E-state index in [2.05, 4.69) is 200 Å². The number of rotatable bonds is 12. The van der Waals surface area contributed by atoms with Crippen molar-refractivity contribution in [1.29, 1.82) is 16.2 Å². The number of amidine groups is 6. The third kappa shape index (κ3) is 16.8. The van der Waals surface area contributed by atoms with Crippen molar-refractivity contribution >= 4 is 226 Å². The first-order valence-corrected chi connectivity index (χ1v) is 46.6. The number of benzene rings is 19. The highest BCUT2D eigenvalue weighted by molar-refractivity contribution is 7.27. The Morgan fingerprint density at radius 2 is 0.594 bits per heavy atom. The molecule has 0 saturated heterocycles. The van der Waals surface area contributed by atoms with E-state index in [9.17, 15) is 0 Å². The van der Waals surface area contributed by atoms with Crippen molar-refractivity contribution in [3.63, 3.8) is 0 Å². The largest absolute Gasteiger partial charge is 0.455 e. The van der Waals surface area contributed by atoms with Gasteiger partial charge >= 0.3 is 0 Å². The molecule has 17 heteroatoms. The summed E-state index contributed by atoms with van der Waals surface area (Å²) in [5, 5.41) is 45.5. The van der Waals surface area contributed by atoms with Gasteiger partial charge in [-0.2, -0.15) is 0 Å². The minimum atomic E-state index is 0.145. The Morgan fingerprint density at radius 3 is 1.06 bits per heavy atom. The molecule has 24 rings (SSSR count). The van der Waals surface area contributed by atoms with Gasteiger partial charge in [-0.25, -0.2) is 44.9 Å². The van der Waals surface area contributed by atoms with Gasteiger partial charge in [0.1, 0.15) is 26.2 Å². The van der Waals surface area contributed by atoms with E-state index in [0.717, 1.165) is 156 Å². The molecule has 0 atom stereocenters. The summed E-state index contributed by atoms with van der Waals surface area (Å²) in [7, 11) is 0. The standard InChI is InChI=1S/C40H26N4S.C38H24N4OS.C38H24N4S2/c41-38(44-39(27-13-5-2-6-14-27)42-25-26-11-3-1-4-12-26)30-19-21-32-29(23-30)20-22-36-37(32)43-40(45-36)35-24-28-15-7-8-16-31(28)33-17-9-10-18-34(33)35;2*39-36(42-37(25-12-5-2-6-13-25)40-23-24-10-3-1-4-11-24)27-18-20-28-26(22-27)19-21-33-34(28)41-38(44-33)31-16-9-15-30-29-14-7-8-17-32(29)43-35(30)31/h1-25,41H;2*1-23,39H. The van der Waals surface area contributed by atoms with Crippen LogP contribution in [0.15, 0.2) is 447 Å². The van der Waals surface area contributed by atoms with Crippen molar-refractivity contribution < 1.29 is 4.42 Å². The van der Waals surface area contributed by atoms with Crippen LogP contribution in [0.4, 0.5) is 0 Å². The molecular weight excluding hydrogens is 1710 g/mol. The van der Waals surface area contributed by atoms with Crippen LogP contribution in [-0.4, -0.2) is 68.6 Å². The van der Waals surface area contributed by atoms with Crippen LogP contribution in [-0.2, 0) is 0 Å². The van der Waals surface area contributed by atoms with Crippen LogP contribution < -0.4 is 0 Å². The lowest BCUT2D eigenvalue weighted by Gasteiger charge is -2.08. The van der Waals surface area contributed by atoms with Crippen LogP contribution in [0.2, 0.25) is 0 Å². The number of furan rings is 1. The van der Waals surface area contributed by atoms with Gasteiger partial charge in [0, 0.05) is 110 Å². The van der Waals surface area contributed by atoms with Gasteiger partial charge in [0.05, 0.1) is 36.2 Å². The average Bonchev–Trinajstić information content (AvgIpc) is 1.58. The van der Waals surface area contributed by atoms with Crippen LogP contribution in [0.5, 0.6) is 0 Å². The molecule has 0 radical (unpaired) electrons. The van der Waals surface area contributed by atoms with Crippen LogP contribution >= 0.6 is 45.3 Å². The van der Waals surface area contributed by atoms with E-state index in [1.54, 1.807) is 52.7 Å². The Hall–Kier alpha value is -16.8. The average molecular weight is 1780 g/mol. The van der Waals surface area contributed by atoms with E-state index < -0.39 is 0 Å². The number of nitrogens with one attached hydrogen (secondary N) is 3. The van der Waals surface area contributed by atoms with E-state index >= 15 is 0 Å². The number of para-hydroxylation sites is 2. The molecule has 19 aromatic carbocycles. The minimum Gasteiger partial charge on any atom is -0.455 e. The van der Waals surface area contributed by atoms with Crippen molar-refractivity contribution in [3.8, 4) is 31.7 Å². The van der Waals surface area contributed by atoms with Gasteiger partial charge in [-0.05, 0) is 115 Å². The zero-order chi connectivity index (χ0) is 89.1. The van der Waals surface area contributed by atoms with Gasteiger partial charge < -0.3 is 4.42 Å². The van der Waals surface area contributed by atoms with Gasteiger partial charge in [0.2, 0.25) is 0 Å². The summed E-state index contributed by atoms with van der Waals surface area (Å²) in [5.74, 6) is 1.93. The molecule has 0 amide bonds. The molecule has 0 unspecified atom stereocenters. The Morgan fingerprint density at radius 1 is 0.241 bits per heavy atom. The number of aromatic nitrogens is 3. The molecule has 0 saturated carbocycles. The lowest BCUT2D eigenvalue weighted by Crippen LogP contribution is -2.04. The molecule has 5 aromatic heterocycles. The molecule has 0 fully saturated rings. The molecule has 0 aliphatic carbocycles. The van der Waals surface area contributed by atoms with Crippen LogP contribution in [0, 0.1) is 16.2 Å². The molecule has 5 heterocycles. The van der Waals surface area contributed by atoms with Crippen molar-refractivity contribution in [2.45, 2.75) is 0 Å². The smallest absolute Gasteiger partial charge is 0.161 e. The highest BCUT2D eigenvalue weighted by atomic mass is 32.1. The monoisotopic (exact) mass is 1780 g/mol. The van der Waals surface area contributed by atoms with Crippen molar-refractivity contribution in [3.05, 3.63) is 463 Å². The van der Waals surface area contributed by atoms with E-state index in [1.807, 2.05) is 254 Å². The van der Waals surface area contributed by atoms with Gasteiger partial charge in [0.15, 0.2) is 35.0 Å². The van der Waals surface area contributed by atoms with E-state index in [-0.39, 0.29) is 17.5 Å². The highest BCUT2D eigenvalue weighted by Crippen LogP contribution is 2.46. The van der Waals surface area contributed by atoms with E-state index in [4.69, 9.17) is 35.6 Å². The molecule has 0 aliphatic heterocycles. The fourth-order valence-electron chi connectivity index (χ4n) is 16.8. The van der Waals surface area contributed by atoms with Gasteiger partial charge in [0.25, 0.3) is 0 Å². The van der Waals surface area contributed by atoms with Crippen molar-refractivity contribution in [1.82, 2.24) is 15.0 Å². The zero-order valence-corrected chi connectivity index (χ0v) is 74.3. The second-order valence-corrected chi connectivity index (χ2v) is 36.0. The molecule has 0 spiro atoms. The quantitative estimate of drug-likeness (QED) is 0.0622. The third-order valence-electron chi connectivity index (χ3n) is 23.4. The summed E-state index contributed by atoms with van der Waals surface area (Å²) in [6, 6.07) is 139. The minimum absolute atomic E-state index is 0.145. The first-order valence-electron chi connectivity index (χ1n) is 43.3. The van der Waals surface area contributed by atoms with Gasteiger partial charge in [-0.3, -0.25) is 16.2 Å². The number of aliphatic imine (C=N–C) groups is 6. The van der Waals surface area contributed by atoms with Crippen LogP contribution in [0.25, 0.3) is 158 Å². The van der Waals surface area contributed by atoms with Crippen molar-refractivity contribution in [2.24, 2.45) is 30.0 Å². The fraction of sp³-hybridized carbons (Fsp3) is 0. The predicted octanol–water partition coefficient (Wildman–Crippen LogP) is 30.6. The Bertz CT molecular complexity index is 8540. The first-order chi connectivity index (χ1) is 65.6. The lowest BCUT2D eigenvalue weighted by molar-refractivity contribution is 0.670. The molecule has 0 aliphatic rings. The molecule has 628 valence electrons.